The van der Waals surface area contributed by atoms with Crippen LogP contribution in [0.2, 0.25) is 0 Å². The van der Waals surface area contributed by atoms with E-state index in [2.05, 4.69) is 17.5 Å². The molecule has 0 saturated carbocycles. The van der Waals surface area contributed by atoms with Gasteiger partial charge in [0.2, 0.25) is 0 Å². The number of rotatable bonds is 3. The normalized spacial score (nSPS) is 19.1. The number of benzene rings is 1. The summed E-state index contributed by atoms with van der Waals surface area (Å²) in [6.07, 6.45) is 6.43. The molecule has 2 N–H and O–H groups in total. The summed E-state index contributed by atoms with van der Waals surface area (Å²) in [4.78, 5) is 10.7. The minimum absolute atomic E-state index is 0.321. The van der Waals surface area contributed by atoms with Crippen molar-refractivity contribution in [3.63, 3.8) is 0 Å². The van der Waals surface area contributed by atoms with Gasteiger partial charge in [-0.3, -0.25) is 0 Å². The van der Waals surface area contributed by atoms with Crippen molar-refractivity contribution in [2.24, 2.45) is 0 Å². The average Bonchev–Trinajstić information content (AvgIpc) is 2.71. The van der Waals surface area contributed by atoms with Crippen molar-refractivity contribution in [2.75, 3.05) is 5.32 Å². The molecule has 1 atom stereocenters. The second-order valence-corrected chi connectivity index (χ2v) is 3.64. The number of carboxylic acids is 1. The fraction of sp³-hybridized carbons (Fsp3) is 0.250. The van der Waals surface area contributed by atoms with Gasteiger partial charge in [0, 0.05) is 11.7 Å². The van der Waals surface area contributed by atoms with E-state index in [0.717, 1.165) is 18.5 Å². The molecule has 3 heteroatoms. The Labute approximate surface area is 88.4 Å². The highest BCUT2D eigenvalue weighted by Gasteiger charge is 2.09. The number of anilines is 1. The van der Waals surface area contributed by atoms with Crippen molar-refractivity contribution in [2.45, 2.75) is 18.9 Å². The topological polar surface area (TPSA) is 49.3 Å². The average molecular weight is 203 g/mol. The summed E-state index contributed by atoms with van der Waals surface area (Å²) in [6.45, 7) is 0. The molecular weight excluding hydrogens is 190 g/mol. The monoisotopic (exact) mass is 203 g/mol. The highest BCUT2D eigenvalue weighted by molar-refractivity contribution is 5.88. The van der Waals surface area contributed by atoms with Crippen molar-refractivity contribution in [3.8, 4) is 0 Å². The molecule has 0 saturated heterocycles. The van der Waals surface area contributed by atoms with Gasteiger partial charge in [-0.1, -0.05) is 18.2 Å². The van der Waals surface area contributed by atoms with Gasteiger partial charge in [-0.05, 0) is 31.0 Å². The molecule has 78 valence electrons. The van der Waals surface area contributed by atoms with Gasteiger partial charge in [-0.25, -0.2) is 4.79 Å². The standard InChI is InChI=1S/C12H13NO2/c14-12(15)9-4-3-7-11(8-9)13-10-5-1-2-6-10/h1,3-5,7-8,10,13H,2,6H2,(H,14,15)/t10-/m0/s1. The minimum Gasteiger partial charge on any atom is -0.478 e. The third kappa shape index (κ3) is 2.37. The third-order valence-corrected chi connectivity index (χ3v) is 2.47. The predicted octanol–water partition coefficient (Wildman–Crippen LogP) is 2.52. The van der Waals surface area contributed by atoms with Gasteiger partial charge in [-0.15, -0.1) is 0 Å². The van der Waals surface area contributed by atoms with E-state index in [4.69, 9.17) is 5.11 Å². The smallest absolute Gasteiger partial charge is 0.335 e. The molecule has 0 fully saturated rings. The van der Waals surface area contributed by atoms with Crippen LogP contribution in [0.15, 0.2) is 36.4 Å². The van der Waals surface area contributed by atoms with Gasteiger partial charge in [0.15, 0.2) is 0 Å². The molecule has 0 bridgehead atoms. The number of hydrogen-bond acceptors (Lipinski definition) is 2. The fourth-order valence-electron chi connectivity index (χ4n) is 1.71. The van der Waals surface area contributed by atoms with Gasteiger partial charge < -0.3 is 10.4 Å². The minimum atomic E-state index is -0.888. The van der Waals surface area contributed by atoms with E-state index in [9.17, 15) is 4.79 Å². The second kappa shape index (κ2) is 4.17. The zero-order chi connectivity index (χ0) is 10.7. The van der Waals surface area contributed by atoms with Crippen molar-refractivity contribution in [1.82, 2.24) is 0 Å². The molecule has 0 aliphatic heterocycles. The summed E-state index contributed by atoms with van der Waals surface area (Å²) >= 11 is 0. The quantitative estimate of drug-likeness (QED) is 0.742. The summed E-state index contributed by atoms with van der Waals surface area (Å²) < 4.78 is 0. The molecular formula is C12H13NO2. The Hall–Kier alpha value is -1.77. The van der Waals surface area contributed by atoms with Crippen LogP contribution in [0, 0.1) is 0 Å². The first-order valence-corrected chi connectivity index (χ1v) is 5.02. The van der Waals surface area contributed by atoms with Crippen LogP contribution in [0.5, 0.6) is 0 Å². The first-order valence-electron chi connectivity index (χ1n) is 5.02. The van der Waals surface area contributed by atoms with Crippen LogP contribution in [-0.2, 0) is 0 Å². The predicted molar refractivity (Wildman–Crippen MR) is 59.2 cm³/mol. The molecule has 1 aromatic rings. The third-order valence-electron chi connectivity index (χ3n) is 2.47. The van der Waals surface area contributed by atoms with E-state index >= 15 is 0 Å². The number of aromatic carboxylic acids is 1. The van der Waals surface area contributed by atoms with Gasteiger partial charge in [0.25, 0.3) is 0 Å². The molecule has 2 rings (SSSR count). The highest BCUT2D eigenvalue weighted by atomic mass is 16.4. The Kier molecular flexibility index (Phi) is 2.72. The van der Waals surface area contributed by atoms with E-state index in [1.807, 2.05) is 6.07 Å². The maximum Gasteiger partial charge on any atom is 0.335 e. The van der Waals surface area contributed by atoms with Crippen LogP contribution in [0.4, 0.5) is 5.69 Å². The van der Waals surface area contributed by atoms with Crippen LogP contribution in [0.25, 0.3) is 0 Å². The maximum atomic E-state index is 10.7. The van der Waals surface area contributed by atoms with Crippen molar-refractivity contribution in [3.05, 3.63) is 42.0 Å². The van der Waals surface area contributed by atoms with Crippen LogP contribution < -0.4 is 5.32 Å². The summed E-state index contributed by atoms with van der Waals surface area (Å²) in [5.41, 5.74) is 1.19. The van der Waals surface area contributed by atoms with Crippen molar-refractivity contribution >= 4 is 11.7 Å². The Morgan fingerprint density at radius 1 is 1.47 bits per heavy atom. The lowest BCUT2D eigenvalue weighted by atomic mass is 10.2. The molecule has 1 aliphatic carbocycles. The highest BCUT2D eigenvalue weighted by Crippen LogP contribution is 2.17. The molecule has 0 aromatic heterocycles. The molecule has 0 heterocycles. The summed E-state index contributed by atoms with van der Waals surface area (Å²) in [7, 11) is 0. The first-order chi connectivity index (χ1) is 7.25. The largest absolute Gasteiger partial charge is 0.478 e. The molecule has 3 nitrogen and oxygen atoms in total. The molecule has 0 spiro atoms. The van der Waals surface area contributed by atoms with Crippen LogP contribution in [0.3, 0.4) is 0 Å². The SMILES string of the molecule is O=C(O)c1cccc(N[C@H]2C=CCC2)c1. The van der Waals surface area contributed by atoms with Crippen molar-refractivity contribution < 1.29 is 9.90 Å². The van der Waals surface area contributed by atoms with Crippen LogP contribution >= 0.6 is 0 Å². The number of carbonyl (C=O) groups is 1. The lowest BCUT2D eigenvalue weighted by molar-refractivity contribution is 0.0697. The lowest BCUT2D eigenvalue weighted by Gasteiger charge is -2.12. The summed E-state index contributed by atoms with van der Waals surface area (Å²) in [6, 6.07) is 7.24. The van der Waals surface area contributed by atoms with Gasteiger partial charge in [-0.2, -0.15) is 0 Å². The van der Waals surface area contributed by atoms with Gasteiger partial charge in [0.05, 0.1) is 5.56 Å². The van der Waals surface area contributed by atoms with Gasteiger partial charge in [0.1, 0.15) is 0 Å². The Bertz CT molecular complexity index is 398. The molecule has 0 amide bonds. The Morgan fingerprint density at radius 2 is 2.33 bits per heavy atom. The Balaban J connectivity index is 2.10. The number of nitrogens with one attached hydrogen (secondary N) is 1. The zero-order valence-corrected chi connectivity index (χ0v) is 8.31. The number of hydrogen-bond donors (Lipinski definition) is 2. The van der Waals surface area contributed by atoms with E-state index in [-0.39, 0.29) is 0 Å². The van der Waals surface area contributed by atoms with Crippen LogP contribution in [0.1, 0.15) is 23.2 Å². The molecule has 1 aromatic carbocycles. The summed E-state index contributed by atoms with van der Waals surface area (Å²) in [5.74, 6) is -0.888. The first kappa shape index (κ1) is 9.77. The van der Waals surface area contributed by atoms with E-state index in [1.54, 1.807) is 18.2 Å². The van der Waals surface area contributed by atoms with E-state index in [1.165, 1.54) is 0 Å². The molecule has 0 radical (unpaired) electrons. The van der Waals surface area contributed by atoms with E-state index < -0.39 is 5.97 Å². The van der Waals surface area contributed by atoms with Crippen LogP contribution in [-0.4, -0.2) is 17.1 Å². The van der Waals surface area contributed by atoms with Gasteiger partial charge >= 0.3 is 5.97 Å². The molecule has 15 heavy (non-hydrogen) atoms. The lowest BCUT2D eigenvalue weighted by Crippen LogP contribution is -2.13. The zero-order valence-electron chi connectivity index (χ0n) is 8.31. The molecule has 1 aliphatic rings. The Morgan fingerprint density at radius 3 is 3.00 bits per heavy atom. The second-order valence-electron chi connectivity index (χ2n) is 3.64. The number of carboxylic acid groups (broad SMARTS) is 1. The fourth-order valence-corrected chi connectivity index (χ4v) is 1.71. The van der Waals surface area contributed by atoms with Crippen molar-refractivity contribution in [1.29, 1.82) is 0 Å². The van der Waals surface area contributed by atoms with E-state index in [0.29, 0.717) is 11.6 Å². The number of allylic oxidation sites excluding steroid dienone is 1. The summed E-state index contributed by atoms with van der Waals surface area (Å²) in [5, 5.41) is 12.1. The molecule has 0 unspecified atom stereocenters. The maximum absolute atomic E-state index is 10.7.